The molecule has 1 rings (SSSR count). The molecule has 124 valence electrons. The van der Waals surface area contributed by atoms with Gasteiger partial charge in [-0.1, -0.05) is 32.8 Å². The minimum Gasteiger partial charge on any atom is -0.350 e. The maximum Gasteiger partial charge on any atom is 0.251 e. The quantitative estimate of drug-likeness (QED) is 0.685. The highest BCUT2D eigenvalue weighted by atomic mass is 32.2. The second kappa shape index (κ2) is 8.90. The van der Waals surface area contributed by atoms with Gasteiger partial charge in [0.25, 0.3) is 5.91 Å². The van der Waals surface area contributed by atoms with E-state index in [-0.39, 0.29) is 16.8 Å². The van der Waals surface area contributed by atoms with Crippen molar-refractivity contribution in [3.05, 3.63) is 29.8 Å². The highest BCUT2D eigenvalue weighted by molar-refractivity contribution is 7.89. The van der Waals surface area contributed by atoms with Gasteiger partial charge in [0.1, 0.15) is 0 Å². The van der Waals surface area contributed by atoms with Gasteiger partial charge in [-0.25, -0.2) is 13.1 Å². The van der Waals surface area contributed by atoms with Crippen molar-refractivity contribution in [1.82, 2.24) is 10.0 Å². The lowest BCUT2D eigenvalue weighted by Gasteiger charge is -2.12. The van der Waals surface area contributed by atoms with Crippen molar-refractivity contribution in [2.75, 3.05) is 6.54 Å². The number of unbranched alkanes of at least 4 members (excludes halogenated alkanes) is 2. The third-order valence-electron chi connectivity index (χ3n) is 3.47. The smallest absolute Gasteiger partial charge is 0.251 e. The average Bonchev–Trinajstić information content (AvgIpc) is 2.51. The van der Waals surface area contributed by atoms with Crippen molar-refractivity contribution in [3.8, 4) is 0 Å². The number of hydrogen-bond donors (Lipinski definition) is 2. The van der Waals surface area contributed by atoms with E-state index in [4.69, 9.17) is 0 Å². The zero-order chi connectivity index (χ0) is 16.6. The maximum absolute atomic E-state index is 12.2. The van der Waals surface area contributed by atoms with E-state index < -0.39 is 10.0 Å². The summed E-state index contributed by atoms with van der Waals surface area (Å²) in [6, 6.07) is 6.18. The number of rotatable bonds is 9. The van der Waals surface area contributed by atoms with Crippen LogP contribution in [-0.4, -0.2) is 26.9 Å². The third-order valence-corrected chi connectivity index (χ3v) is 4.93. The molecule has 2 N–H and O–H groups in total. The topological polar surface area (TPSA) is 75.3 Å². The minimum atomic E-state index is -3.56. The molecule has 1 atom stereocenters. The molecular formula is C16H26N2O3S. The van der Waals surface area contributed by atoms with E-state index in [0.29, 0.717) is 12.1 Å². The molecule has 1 aromatic carbocycles. The van der Waals surface area contributed by atoms with Gasteiger partial charge in [-0.3, -0.25) is 4.79 Å². The molecule has 1 amide bonds. The lowest BCUT2D eigenvalue weighted by atomic mass is 10.2. The van der Waals surface area contributed by atoms with Crippen molar-refractivity contribution >= 4 is 15.9 Å². The first-order chi connectivity index (χ1) is 10.4. The molecule has 0 heterocycles. The van der Waals surface area contributed by atoms with Crippen LogP contribution in [0, 0.1) is 0 Å². The van der Waals surface area contributed by atoms with Crippen LogP contribution in [0.25, 0.3) is 0 Å². The number of hydrogen-bond acceptors (Lipinski definition) is 3. The molecule has 0 radical (unpaired) electrons. The van der Waals surface area contributed by atoms with Crippen molar-refractivity contribution in [3.63, 3.8) is 0 Å². The Morgan fingerprint density at radius 1 is 1.23 bits per heavy atom. The molecule has 22 heavy (non-hydrogen) atoms. The Balaban J connectivity index is 2.80. The van der Waals surface area contributed by atoms with E-state index in [1.165, 1.54) is 12.1 Å². The standard InChI is InChI=1S/C16H26N2O3S/c1-4-6-7-11-17-22(20,21)15-10-8-9-14(12-15)16(19)18-13(3)5-2/h8-10,12-13,17H,4-7,11H2,1-3H3,(H,18,19). The molecule has 5 nitrogen and oxygen atoms in total. The number of carbonyl (C=O) groups is 1. The molecule has 0 bridgehead atoms. The van der Waals surface area contributed by atoms with E-state index in [2.05, 4.69) is 17.0 Å². The summed E-state index contributed by atoms with van der Waals surface area (Å²) in [5.41, 5.74) is 0.358. The summed E-state index contributed by atoms with van der Waals surface area (Å²) in [5, 5.41) is 2.83. The normalized spacial score (nSPS) is 12.9. The first-order valence-corrected chi connectivity index (χ1v) is 9.29. The van der Waals surface area contributed by atoms with Crippen LogP contribution in [0.2, 0.25) is 0 Å². The second-order valence-corrected chi connectivity index (χ2v) is 7.18. The Bertz CT molecular complexity index is 585. The molecule has 1 unspecified atom stereocenters. The van der Waals surface area contributed by atoms with Crippen molar-refractivity contribution in [2.45, 2.75) is 57.4 Å². The number of sulfonamides is 1. The van der Waals surface area contributed by atoms with Gasteiger partial charge in [0.2, 0.25) is 10.0 Å². The van der Waals surface area contributed by atoms with Crippen LogP contribution in [-0.2, 0) is 10.0 Å². The third kappa shape index (κ3) is 5.77. The van der Waals surface area contributed by atoms with Crippen LogP contribution >= 0.6 is 0 Å². The average molecular weight is 326 g/mol. The lowest BCUT2D eigenvalue weighted by molar-refractivity contribution is 0.0939. The van der Waals surface area contributed by atoms with Crippen molar-refractivity contribution in [2.24, 2.45) is 0 Å². The largest absolute Gasteiger partial charge is 0.350 e. The maximum atomic E-state index is 12.2. The van der Waals surface area contributed by atoms with Crippen molar-refractivity contribution in [1.29, 1.82) is 0 Å². The Kier molecular flexibility index (Phi) is 7.55. The highest BCUT2D eigenvalue weighted by Crippen LogP contribution is 2.12. The summed E-state index contributed by atoms with van der Waals surface area (Å²) < 4.78 is 27.0. The fourth-order valence-electron chi connectivity index (χ4n) is 1.88. The predicted octanol–water partition coefficient (Wildman–Crippen LogP) is 2.68. The summed E-state index contributed by atoms with van der Waals surface area (Å²) in [4.78, 5) is 12.2. The lowest BCUT2D eigenvalue weighted by Crippen LogP contribution is -2.32. The molecule has 0 saturated heterocycles. The number of benzene rings is 1. The van der Waals surface area contributed by atoms with Gasteiger partial charge in [0.05, 0.1) is 4.90 Å². The van der Waals surface area contributed by atoms with Crippen LogP contribution in [0.4, 0.5) is 0 Å². The molecule has 6 heteroatoms. The fourth-order valence-corrected chi connectivity index (χ4v) is 3.00. The molecule has 0 saturated carbocycles. The zero-order valence-electron chi connectivity index (χ0n) is 13.6. The van der Waals surface area contributed by atoms with Gasteiger partial charge in [-0.05, 0) is 38.0 Å². The molecule has 0 spiro atoms. The van der Waals surface area contributed by atoms with Crippen LogP contribution < -0.4 is 10.0 Å². The van der Waals surface area contributed by atoms with E-state index in [0.717, 1.165) is 25.7 Å². The Hall–Kier alpha value is -1.40. The summed E-state index contributed by atoms with van der Waals surface area (Å²) in [7, 11) is -3.56. The summed E-state index contributed by atoms with van der Waals surface area (Å²) in [5.74, 6) is -0.252. The van der Waals surface area contributed by atoms with E-state index in [1.807, 2.05) is 13.8 Å². The van der Waals surface area contributed by atoms with Gasteiger partial charge in [0, 0.05) is 18.2 Å². The number of amides is 1. The Morgan fingerprint density at radius 2 is 1.95 bits per heavy atom. The molecule has 0 fully saturated rings. The van der Waals surface area contributed by atoms with Gasteiger partial charge in [-0.2, -0.15) is 0 Å². The second-order valence-electron chi connectivity index (χ2n) is 5.42. The van der Waals surface area contributed by atoms with E-state index in [9.17, 15) is 13.2 Å². The Morgan fingerprint density at radius 3 is 2.59 bits per heavy atom. The van der Waals surface area contributed by atoms with Gasteiger partial charge in [0.15, 0.2) is 0 Å². The summed E-state index contributed by atoms with van der Waals surface area (Å²) in [6.07, 6.45) is 3.65. The van der Waals surface area contributed by atoms with Crippen LogP contribution in [0.1, 0.15) is 56.8 Å². The molecule has 0 aromatic heterocycles. The molecule has 1 aromatic rings. The molecular weight excluding hydrogens is 300 g/mol. The van der Waals surface area contributed by atoms with Crippen LogP contribution in [0.5, 0.6) is 0 Å². The van der Waals surface area contributed by atoms with Gasteiger partial charge >= 0.3 is 0 Å². The van der Waals surface area contributed by atoms with Crippen molar-refractivity contribution < 1.29 is 13.2 Å². The summed E-state index contributed by atoms with van der Waals surface area (Å²) in [6.45, 7) is 6.37. The monoisotopic (exact) mass is 326 g/mol. The predicted molar refractivity (Wildman–Crippen MR) is 88.4 cm³/mol. The molecule has 0 aliphatic carbocycles. The van der Waals surface area contributed by atoms with Crippen LogP contribution in [0.3, 0.4) is 0 Å². The minimum absolute atomic E-state index is 0.0555. The first-order valence-electron chi connectivity index (χ1n) is 7.81. The summed E-state index contributed by atoms with van der Waals surface area (Å²) >= 11 is 0. The van der Waals surface area contributed by atoms with E-state index in [1.54, 1.807) is 12.1 Å². The SMILES string of the molecule is CCCCCNS(=O)(=O)c1cccc(C(=O)NC(C)CC)c1. The zero-order valence-corrected chi connectivity index (χ0v) is 14.4. The molecule has 0 aliphatic heterocycles. The Labute approximate surface area is 133 Å². The number of nitrogens with one attached hydrogen (secondary N) is 2. The highest BCUT2D eigenvalue weighted by Gasteiger charge is 2.16. The van der Waals surface area contributed by atoms with E-state index >= 15 is 0 Å². The van der Waals surface area contributed by atoms with Crippen LogP contribution in [0.15, 0.2) is 29.2 Å². The fraction of sp³-hybridized carbons (Fsp3) is 0.562. The molecule has 0 aliphatic rings. The first kappa shape index (κ1) is 18.6. The van der Waals surface area contributed by atoms with Gasteiger partial charge < -0.3 is 5.32 Å². The van der Waals surface area contributed by atoms with Gasteiger partial charge in [-0.15, -0.1) is 0 Å². The number of carbonyl (C=O) groups excluding carboxylic acids is 1.